The minimum absolute atomic E-state index is 0.136. The summed E-state index contributed by atoms with van der Waals surface area (Å²) in [4.78, 5) is 26.3. The van der Waals surface area contributed by atoms with E-state index in [-0.39, 0.29) is 24.8 Å². The highest BCUT2D eigenvalue weighted by atomic mass is 35.5. The first-order valence-corrected chi connectivity index (χ1v) is 8.33. The Labute approximate surface area is 150 Å². The lowest BCUT2D eigenvalue weighted by molar-refractivity contribution is -0.122. The van der Waals surface area contributed by atoms with Crippen molar-refractivity contribution in [2.24, 2.45) is 5.92 Å². The van der Waals surface area contributed by atoms with E-state index in [0.29, 0.717) is 15.7 Å². The quantitative estimate of drug-likeness (QED) is 0.884. The molecule has 2 amide bonds. The van der Waals surface area contributed by atoms with Gasteiger partial charge in [-0.3, -0.25) is 9.59 Å². The lowest BCUT2D eigenvalue weighted by atomic mass is 10.1. The van der Waals surface area contributed by atoms with E-state index in [2.05, 4.69) is 5.32 Å². The van der Waals surface area contributed by atoms with Gasteiger partial charge in [-0.25, -0.2) is 0 Å². The lowest BCUT2D eigenvalue weighted by Gasteiger charge is -2.18. The number of anilines is 2. The van der Waals surface area contributed by atoms with Gasteiger partial charge in [0.1, 0.15) is 0 Å². The molecule has 1 fully saturated rings. The Kier molecular flexibility index (Phi) is 4.78. The first-order valence-electron chi connectivity index (χ1n) is 7.57. The number of amides is 2. The zero-order valence-electron chi connectivity index (χ0n) is 13.1. The molecule has 0 aliphatic carbocycles. The van der Waals surface area contributed by atoms with Crippen molar-refractivity contribution in [2.45, 2.75) is 13.3 Å². The number of nitrogens with one attached hydrogen (secondary N) is 1. The minimum Gasteiger partial charge on any atom is -0.326 e. The predicted octanol–water partition coefficient (Wildman–Crippen LogP) is 4.29. The molecule has 2 aromatic carbocycles. The molecule has 1 N–H and O–H groups in total. The monoisotopic (exact) mass is 362 g/mol. The van der Waals surface area contributed by atoms with Gasteiger partial charge >= 0.3 is 0 Å². The summed E-state index contributed by atoms with van der Waals surface area (Å²) in [5, 5.41) is 3.58. The van der Waals surface area contributed by atoms with E-state index in [0.717, 1.165) is 11.3 Å². The molecule has 1 heterocycles. The Morgan fingerprint density at radius 2 is 1.96 bits per heavy atom. The number of hydrogen-bond acceptors (Lipinski definition) is 2. The molecule has 0 bridgehead atoms. The van der Waals surface area contributed by atoms with E-state index in [1.165, 1.54) is 4.90 Å². The van der Waals surface area contributed by atoms with Crippen molar-refractivity contribution in [3.05, 3.63) is 58.1 Å². The zero-order valence-corrected chi connectivity index (χ0v) is 14.6. The van der Waals surface area contributed by atoms with Crippen LogP contribution in [0.3, 0.4) is 0 Å². The predicted molar refractivity (Wildman–Crippen MR) is 96.7 cm³/mol. The van der Waals surface area contributed by atoms with Crippen LogP contribution in [-0.2, 0) is 9.59 Å². The van der Waals surface area contributed by atoms with E-state index < -0.39 is 5.92 Å². The van der Waals surface area contributed by atoms with E-state index >= 15 is 0 Å². The molecular weight excluding hydrogens is 347 g/mol. The summed E-state index contributed by atoms with van der Waals surface area (Å²) in [7, 11) is 0. The average molecular weight is 363 g/mol. The van der Waals surface area contributed by atoms with Gasteiger partial charge in [-0.15, -0.1) is 0 Å². The second-order valence-corrected chi connectivity index (χ2v) is 6.62. The van der Waals surface area contributed by atoms with E-state index in [1.807, 2.05) is 31.2 Å². The molecule has 1 atom stereocenters. The lowest BCUT2D eigenvalue weighted by Crippen LogP contribution is -2.28. The first kappa shape index (κ1) is 16.8. The molecule has 1 saturated heterocycles. The smallest absolute Gasteiger partial charge is 0.229 e. The summed E-state index contributed by atoms with van der Waals surface area (Å²) >= 11 is 12.2. The van der Waals surface area contributed by atoms with Crippen LogP contribution in [0.1, 0.15) is 12.0 Å². The normalized spacial score (nSPS) is 17.2. The van der Waals surface area contributed by atoms with Crippen molar-refractivity contribution in [3.8, 4) is 0 Å². The fourth-order valence-corrected chi connectivity index (χ4v) is 3.18. The number of carbonyl (C=O) groups is 2. The maximum atomic E-state index is 12.5. The first-order chi connectivity index (χ1) is 11.5. The van der Waals surface area contributed by atoms with Crippen molar-refractivity contribution in [2.75, 3.05) is 16.8 Å². The van der Waals surface area contributed by atoms with Crippen molar-refractivity contribution >= 4 is 46.4 Å². The molecule has 0 spiro atoms. The number of halogens is 2. The van der Waals surface area contributed by atoms with Crippen molar-refractivity contribution in [1.29, 1.82) is 0 Å². The van der Waals surface area contributed by atoms with Crippen LogP contribution in [0, 0.1) is 12.8 Å². The fourth-order valence-electron chi connectivity index (χ4n) is 2.78. The SMILES string of the molecule is Cc1cccc(NC(=O)[C@@H]2CC(=O)N(c3cccc(Cl)c3Cl)C2)c1. The summed E-state index contributed by atoms with van der Waals surface area (Å²) in [5.41, 5.74) is 2.33. The molecule has 6 heteroatoms. The van der Waals surface area contributed by atoms with Crippen molar-refractivity contribution in [1.82, 2.24) is 0 Å². The van der Waals surface area contributed by atoms with Gasteiger partial charge in [-0.1, -0.05) is 41.4 Å². The molecule has 0 unspecified atom stereocenters. The Balaban J connectivity index is 1.74. The topological polar surface area (TPSA) is 49.4 Å². The number of benzene rings is 2. The van der Waals surface area contributed by atoms with Crippen molar-refractivity contribution in [3.63, 3.8) is 0 Å². The Bertz CT molecular complexity index is 807. The Morgan fingerprint density at radius 1 is 1.21 bits per heavy atom. The van der Waals surface area contributed by atoms with Crippen LogP contribution in [0.25, 0.3) is 0 Å². The van der Waals surface area contributed by atoms with Gasteiger partial charge in [-0.2, -0.15) is 0 Å². The molecule has 3 rings (SSSR count). The summed E-state index contributed by atoms with van der Waals surface area (Å²) < 4.78 is 0. The largest absolute Gasteiger partial charge is 0.326 e. The molecule has 24 heavy (non-hydrogen) atoms. The van der Waals surface area contributed by atoms with Crippen LogP contribution in [0.4, 0.5) is 11.4 Å². The second-order valence-electron chi connectivity index (χ2n) is 5.84. The van der Waals surface area contributed by atoms with Gasteiger partial charge in [0.05, 0.1) is 21.7 Å². The highest BCUT2D eigenvalue weighted by Crippen LogP contribution is 2.35. The third-order valence-corrected chi connectivity index (χ3v) is 4.81. The highest BCUT2D eigenvalue weighted by molar-refractivity contribution is 6.44. The van der Waals surface area contributed by atoms with Crippen LogP contribution in [-0.4, -0.2) is 18.4 Å². The summed E-state index contributed by atoms with van der Waals surface area (Å²) in [5.74, 6) is -0.730. The molecule has 0 saturated carbocycles. The van der Waals surface area contributed by atoms with Gasteiger partial charge in [0.2, 0.25) is 11.8 Å². The van der Waals surface area contributed by atoms with Gasteiger partial charge in [0.15, 0.2) is 0 Å². The molecule has 1 aliphatic heterocycles. The number of nitrogens with zero attached hydrogens (tertiary/aromatic N) is 1. The molecular formula is C18H16Cl2N2O2. The van der Waals surface area contributed by atoms with E-state index in [4.69, 9.17) is 23.2 Å². The molecule has 124 valence electrons. The fraction of sp³-hybridized carbons (Fsp3) is 0.222. The van der Waals surface area contributed by atoms with Gasteiger partial charge in [0.25, 0.3) is 0 Å². The van der Waals surface area contributed by atoms with Gasteiger partial charge in [0, 0.05) is 18.7 Å². The molecule has 0 radical (unpaired) electrons. The van der Waals surface area contributed by atoms with Crippen LogP contribution < -0.4 is 10.2 Å². The maximum absolute atomic E-state index is 12.5. The molecule has 0 aromatic heterocycles. The van der Waals surface area contributed by atoms with Gasteiger partial charge in [-0.05, 0) is 36.8 Å². The van der Waals surface area contributed by atoms with Crippen molar-refractivity contribution < 1.29 is 9.59 Å². The minimum atomic E-state index is -0.423. The van der Waals surface area contributed by atoms with E-state index in [9.17, 15) is 9.59 Å². The number of rotatable bonds is 3. The number of carbonyl (C=O) groups excluding carboxylic acids is 2. The zero-order chi connectivity index (χ0) is 17.3. The van der Waals surface area contributed by atoms with Gasteiger partial charge < -0.3 is 10.2 Å². The highest BCUT2D eigenvalue weighted by Gasteiger charge is 2.36. The average Bonchev–Trinajstić information content (AvgIpc) is 2.92. The second kappa shape index (κ2) is 6.83. The molecule has 4 nitrogen and oxygen atoms in total. The third-order valence-electron chi connectivity index (χ3n) is 4.00. The van der Waals surface area contributed by atoms with Crippen LogP contribution in [0.5, 0.6) is 0 Å². The number of aryl methyl sites for hydroxylation is 1. The van der Waals surface area contributed by atoms with E-state index in [1.54, 1.807) is 18.2 Å². The Morgan fingerprint density at radius 3 is 2.71 bits per heavy atom. The summed E-state index contributed by atoms with van der Waals surface area (Å²) in [6.45, 7) is 2.24. The van der Waals surface area contributed by atoms with Crippen LogP contribution in [0.15, 0.2) is 42.5 Å². The summed E-state index contributed by atoms with van der Waals surface area (Å²) in [6.07, 6.45) is 0.153. The van der Waals surface area contributed by atoms with Crippen LogP contribution >= 0.6 is 23.2 Å². The third kappa shape index (κ3) is 3.40. The summed E-state index contributed by atoms with van der Waals surface area (Å²) in [6, 6.07) is 12.7. The Hall–Kier alpha value is -2.04. The standard InChI is InChI=1S/C18H16Cl2N2O2/c1-11-4-2-5-13(8-11)21-18(24)12-9-16(23)22(10-12)15-7-3-6-14(19)17(15)20/h2-8,12H,9-10H2,1H3,(H,21,24)/t12-/m1/s1. The maximum Gasteiger partial charge on any atom is 0.229 e. The van der Waals surface area contributed by atoms with Crippen LogP contribution in [0.2, 0.25) is 10.0 Å². The number of hydrogen-bond donors (Lipinski definition) is 1. The molecule has 2 aromatic rings. The molecule has 1 aliphatic rings.